The highest BCUT2D eigenvalue weighted by Crippen LogP contribution is 2.39. The van der Waals surface area contributed by atoms with Crippen molar-refractivity contribution >= 4 is 0 Å². The molecule has 0 aliphatic rings. The van der Waals surface area contributed by atoms with Crippen molar-refractivity contribution < 1.29 is 10.2 Å². The Kier molecular flexibility index (Phi) is 4.91. The number of aromatic hydroxyl groups is 2. The van der Waals surface area contributed by atoms with Crippen molar-refractivity contribution in [1.82, 2.24) is 4.57 Å². The monoisotopic (exact) mass is 239 g/mol. The summed E-state index contributed by atoms with van der Waals surface area (Å²) in [5.41, 5.74) is 0.888. The molecule has 17 heavy (non-hydrogen) atoms. The molecule has 1 aromatic heterocycles. The van der Waals surface area contributed by atoms with E-state index in [0.29, 0.717) is 5.92 Å². The van der Waals surface area contributed by atoms with Gasteiger partial charge in [-0.25, -0.2) is 0 Å². The summed E-state index contributed by atoms with van der Waals surface area (Å²) >= 11 is 0. The predicted molar refractivity (Wildman–Crippen MR) is 70.7 cm³/mol. The first-order chi connectivity index (χ1) is 8.10. The van der Waals surface area contributed by atoms with Gasteiger partial charge in [-0.2, -0.15) is 0 Å². The van der Waals surface area contributed by atoms with Gasteiger partial charge in [0.2, 0.25) is 0 Å². The van der Waals surface area contributed by atoms with Gasteiger partial charge in [0, 0.05) is 17.7 Å². The second kappa shape index (κ2) is 5.99. The molecule has 0 atom stereocenters. The Labute approximate surface area is 104 Å². The van der Waals surface area contributed by atoms with E-state index < -0.39 is 0 Å². The maximum atomic E-state index is 10.3. The van der Waals surface area contributed by atoms with Gasteiger partial charge in [0.15, 0.2) is 11.8 Å². The van der Waals surface area contributed by atoms with Crippen LogP contribution in [0.4, 0.5) is 0 Å². The van der Waals surface area contributed by atoms with Crippen LogP contribution < -0.4 is 0 Å². The van der Waals surface area contributed by atoms with E-state index in [4.69, 9.17) is 0 Å². The second-order valence-electron chi connectivity index (χ2n) is 4.64. The maximum Gasteiger partial charge on any atom is 0.197 e. The molecule has 0 amide bonds. The van der Waals surface area contributed by atoms with Crippen molar-refractivity contribution in [3.63, 3.8) is 0 Å². The maximum absolute atomic E-state index is 10.3. The summed E-state index contributed by atoms with van der Waals surface area (Å²) in [6, 6.07) is 1.91. The molecule has 0 aliphatic heterocycles. The van der Waals surface area contributed by atoms with Crippen LogP contribution >= 0.6 is 0 Å². The Balaban J connectivity index is 3.17. The van der Waals surface area contributed by atoms with E-state index in [0.717, 1.165) is 31.2 Å². The quantitative estimate of drug-likeness (QED) is 0.782. The van der Waals surface area contributed by atoms with Crippen LogP contribution in [0.5, 0.6) is 11.8 Å². The molecule has 0 radical (unpaired) electrons. The topological polar surface area (TPSA) is 45.4 Å². The lowest BCUT2D eigenvalue weighted by Crippen LogP contribution is -2.06. The third kappa shape index (κ3) is 2.59. The van der Waals surface area contributed by atoms with E-state index in [9.17, 15) is 10.2 Å². The lowest BCUT2D eigenvalue weighted by molar-refractivity contribution is 0.319. The minimum atomic E-state index is 0.179. The van der Waals surface area contributed by atoms with Gasteiger partial charge in [-0.15, -0.1) is 0 Å². The number of hydrogen-bond donors (Lipinski definition) is 2. The van der Waals surface area contributed by atoms with Crippen molar-refractivity contribution in [2.75, 3.05) is 0 Å². The Morgan fingerprint density at radius 3 is 1.94 bits per heavy atom. The summed E-state index contributed by atoms with van der Waals surface area (Å²) in [5, 5.41) is 20.3. The molecule has 2 N–H and O–H groups in total. The molecule has 1 heterocycles. The SMILES string of the molecule is CCC(CC)c1cc(O)n(C(CC)CC)c1O. The van der Waals surface area contributed by atoms with Crippen molar-refractivity contribution in [2.45, 2.75) is 65.3 Å². The van der Waals surface area contributed by atoms with Crippen LogP contribution in [0.15, 0.2) is 6.07 Å². The molecular formula is C14H25NO2. The summed E-state index contributed by atoms with van der Waals surface area (Å²) in [5.74, 6) is 0.777. The summed E-state index contributed by atoms with van der Waals surface area (Å²) in [7, 11) is 0. The average molecular weight is 239 g/mol. The van der Waals surface area contributed by atoms with E-state index >= 15 is 0 Å². The second-order valence-corrected chi connectivity index (χ2v) is 4.64. The highest BCUT2D eigenvalue weighted by Gasteiger charge is 2.22. The zero-order valence-corrected chi connectivity index (χ0v) is 11.4. The van der Waals surface area contributed by atoms with Gasteiger partial charge in [0.25, 0.3) is 0 Å². The zero-order valence-electron chi connectivity index (χ0n) is 11.4. The van der Waals surface area contributed by atoms with E-state index in [2.05, 4.69) is 27.7 Å². The summed E-state index contributed by atoms with van der Waals surface area (Å²) in [4.78, 5) is 0. The Hall–Kier alpha value is -1.12. The lowest BCUT2D eigenvalue weighted by atomic mass is 9.96. The van der Waals surface area contributed by atoms with E-state index in [-0.39, 0.29) is 17.8 Å². The first-order valence-electron chi connectivity index (χ1n) is 6.73. The zero-order chi connectivity index (χ0) is 13.0. The Bertz CT molecular complexity index is 349. The van der Waals surface area contributed by atoms with Crippen LogP contribution in [-0.2, 0) is 0 Å². The molecule has 0 saturated carbocycles. The van der Waals surface area contributed by atoms with Crippen LogP contribution in [-0.4, -0.2) is 14.8 Å². The van der Waals surface area contributed by atoms with Gasteiger partial charge in [-0.1, -0.05) is 27.7 Å². The molecule has 0 saturated heterocycles. The number of hydrogen-bond acceptors (Lipinski definition) is 2. The van der Waals surface area contributed by atoms with Crippen LogP contribution in [0.3, 0.4) is 0 Å². The summed E-state index contributed by atoms with van der Waals surface area (Å²) in [6.45, 7) is 8.37. The van der Waals surface area contributed by atoms with E-state index in [1.807, 2.05) is 0 Å². The number of aromatic nitrogens is 1. The fourth-order valence-electron chi connectivity index (χ4n) is 2.56. The van der Waals surface area contributed by atoms with Gasteiger partial charge < -0.3 is 10.2 Å². The molecule has 0 aromatic carbocycles. The van der Waals surface area contributed by atoms with E-state index in [1.54, 1.807) is 10.6 Å². The molecule has 1 rings (SSSR count). The first kappa shape index (κ1) is 13.9. The van der Waals surface area contributed by atoms with Gasteiger partial charge in [-0.3, -0.25) is 4.57 Å². The molecule has 0 unspecified atom stereocenters. The molecule has 0 fully saturated rings. The third-order valence-corrected chi connectivity index (χ3v) is 3.75. The molecule has 0 bridgehead atoms. The van der Waals surface area contributed by atoms with E-state index in [1.165, 1.54) is 0 Å². The summed E-state index contributed by atoms with van der Waals surface area (Å²) < 4.78 is 1.67. The van der Waals surface area contributed by atoms with Crippen molar-refractivity contribution in [3.8, 4) is 11.8 Å². The molecule has 98 valence electrons. The van der Waals surface area contributed by atoms with Crippen LogP contribution in [0.1, 0.15) is 70.9 Å². The van der Waals surface area contributed by atoms with Crippen LogP contribution in [0, 0.1) is 0 Å². The largest absolute Gasteiger partial charge is 0.494 e. The van der Waals surface area contributed by atoms with Gasteiger partial charge >= 0.3 is 0 Å². The number of rotatable bonds is 6. The summed E-state index contributed by atoms with van der Waals surface area (Å²) in [6.07, 6.45) is 3.79. The van der Waals surface area contributed by atoms with Crippen LogP contribution in [0.2, 0.25) is 0 Å². The predicted octanol–water partition coefficient (Wildman–Crippen LogP) is 4.16. The lowest BCUT2D eigenvalue weighted by Gasteiger charge is -2.18. The van der Waals surface area contributed by atoms with Gasteiger partial charge in [-0.05, 0) is 31.6 Å². The fraction of sp³-hybridized carbons (Fsp3) is 0.714. The fourth-order valence-corrected chi connectivity index (χ4v) is 2.56. The normalized spacial score (nSPS) is 11.6. The highest BCUT2D eigenvalue weighted by molar-refractivity contribution is 5.38. The molecule has 3 nitrogen and oxygen atoms in total. The molecule has 0 aliphatic carbocycles. The average Bonchev–Trinajstić information content (AvgIpc) is 2.61. The van der Waals surface area contributed by atoms with Crippen molar-refractivity contribution in [1.29, 1.82) is 0 Å². The minimum absolute atomic E-state index is 0.179. The minimum Gasteiger partial charge on any atom is -0.494 e. The Morgan fingerprint density at radius 1 is 1.00 bits per heavy atom. The smallest absolute Gasteiger partial charge is 0.197 e. The van der Waals surface area contributed by atoms with Crippen LogP contribution in [0.25, 0.3) is 0 Å². The molecular weight excluding hydrogens is 214 g/mol. The van der Waals surface area contributed by atoms with Gasteiger partial charge in [0.1, 0.15) is 0 Å². The van der Waals surface area contributed by atoms with Crippen molar-refractivity contribution in [2.24, 2.45) is 0 Å². The standard InChI is InChI=1S/C14H25NO2/c1-5-10(6-2)12-9-13(16)15(14(12)17)11(7-3)8-4/h9-11,16-17H,5-8H2,1-4H3. The molecule has 0 spiro atoms. The van der Waals surface area contributed by atoms with Gasteiger partial charge in [0.05, 0.1) is 0 Å². The third-order valence-electron chi connectivity index (χ3n) is 3.75. The Morgan fingerprint density at radius 2 is 1.53 bits per heavy atom. The molecule has 1 aromatic rings. The highest BCUT2D eigenvalue weighted by atomic mass is 16.3. The van der Waals surface area contributed by atoms with Crippen molar-refractivity contribution in [3.05, 3.63) is 11.6 Å². The first-order valence-corrected chi connectivity index (χ1v) is 6.73. The number of nitrogens with zero attached hydrogens (tertiary/aromatic N) is 1. The molecule has 3 heteroatoms.